The molecule has 0 unspecified atom stereocenters. The number of esters is 1. The van der Waals surface area contributed by atoms with E-state index in [0.717, 1.165) is 10.6 Å². The van der Waals surface area contributed by atoms with Gasteiger partial charge in [0.25, 0.3) is 0 Å². The van der Waals surface area contributed by atoms with E-state index in [9.17, 15) is 9.59 Å². The quantitative estimate of drug-likeness (QED) is 0.758. The minimum absolute atomic E-state index is 0.0670. The van der Waals surface area contributed by atoms with Crippen molar-refractivity contribution in [3.05, 3.63) is 23.8 Å². The van der Waals surface area contributed by atoms with Gasteiger partial charge in [0.1, 0.15) is 0 Å². The highest BCUT2D eigenvalue weighted by atomic mass is 32.2. The van der Waals surface area contributed by atoms with Crippen LogP contribution in [0, 0.1) is 0 Å². The van der Waals surface area contributed by atoms with Gasteiger partial charge in [0, 0.05) is 17.1 Å². The topological polar surface area (TPSA) is 55.4 Å². The molecule has 1 N–H and O–H groups in total. The average Bonchev–Trinajstić information content (AvgIpc) is 2.48. The lowest BCUT2D eigenvalue weighted by molar-refractivity contribution is -0.115. The van der Waals surface area contributed by atoms with Crippen molar-refractivity contribution in [2.45, 2.75) is 11.3 Å². The summed E-state index contributed by atoms with van der Waals surface area (Å²) in [5, 5.41) is 2.75. The van der Waals surface area contributed by atoms with E-state index in [2.05, 4.69) is 10.1 Å². The zero-order chi connectivity index (χ0) is 11.5. The Balaban J connectivity index is 2.48. The van der Waals surface area contributed by atoms with E-state index in [1.165, 1.54) is 7.11 Å². The molecule has 1 aromatic rings. The normalized spacial score (nSPS) is 14.7. The molecule has 0 saturated heterocycles. The summed E-state index contributed by atoms with van der Waals surface area (Å²) >= 11 is 1.56. The van der Waals surface area contributed by atoms with Crippen molar-refractivity contribution in [2.24, 2.45) is 0 Å². The number of hydrogen-bond acceptors (Lipinski definition) is 4. The number of ether oxygens (including phenoxy) is 1. The molecule has 1 amide bonds. The molecule has 16 heavy (non-hydrogen) atoms. The zero-order valence-electron chi connectivity index (χ0n) is 8.78. The second-order valence-corrected chi connectivity index (χ2v) is 4.45. The molecule has 0 atom stereocenters. The van der Waals surface area contributed by atoms with Gasteiger partial charge >= 0.3 is 5.97 Å². The summed E-state index contributed by atoms with van der Waals surface area (Å²) in [6, 6.07) is 5.32. The van der Waals surface area contributed by atoms with Crippen LogP contribution in [0.15, 0.2) is 23.1 Å². The third-order valence-corrected chi connectivity index (χ3v) is 3.34. The smallest absolute Gasteiger partial charge is 0.340 e. The van der Waals surface area contributed by atoms with E-state index in [-0.39, 0.29) is 5.91 Å². The van der Waals surface area contributed by atoms with Gasteiger partial charge in [0.05, 0.1) is 18.4 Å². The van der Waals surface area contributed by atoms with E-state index < -0.39 is 5.97 Å². The Hall–Kier alpha value is -1.49. The SMILES string of the molecule is COC(=O)c1cccc2c1NC(=O)CCS2. The summed E-state index contributed by atoms with van der Waals surface area (Å²) in [6.07, 6.45) is 0.458. The Morgan fingerprint density at radius 1 is 1.50 bits per heavy atom. The molecule has 1 aliphatic heterocycles. The first-order valence-electron chi connectivity index (χ1n) is 4.86. The van der Waals surface area contributed by atoms with Crippen molar-refractivity contribution >= 4 is 29.3 Å². The van der Waals surface area contributed by atoms with Gasteiger partial charge in [0.15, 0.2) is 0 Å². The van der Waals surface area contributed by atoms with E-state index in [1.807, 2.05) is 6.07 Å². The standard InChI is InChI=1S/C11H11NO3S/c1-15-11(14)7-3-2-4-8-10(7)12-9(13)5-6-16-8/h2-4H,5-6H2,1H3,(H,12,13). The van der Waals surface area contributed by atoms with Crippen molar-refractivity contribution in [1.82, 2.24) is 0 Å². The Morgan fingerprint density at radius 3 is 3.06 bits per heavy atom. The van der Waals surface area contributed by atoms with Crippen molar-refractivity contribution < 1.29 is 14.3 Å². The molecular formula is C11H11NO3S. The molecule has 1 heterocycles. The van der Waals surface area contributed by atoms with Gasteiger partial charge in [-0.25, -0.2) is 4.79 Å². The highest BCUT2D eigenvalue weighted by Crippen LogP contribution is 2.33. The van der Waals surface area contributed by atoms with Crippen LogP contribution in [-0.4, -0.2) is 24.7 Å². The lowest BCUT2D eigenvalue weighted by Crippen LogP contribution is -2.14. The lowest BCUT2D eigenvalue weighted by Gasteiger charge is -2.10. The number of benzene rings is 1. The Morgan fingerprint density at radius 2 is 2.31 bits per heavy atom. The van der Waals surface area contributed by atoms with Crippen LogP contribution in [0.2, 0.25) is 0 Å². The number of nitrogens with one attached hydrogen (secondary N) is 1. The molecule has 1 aromatic carbocycles. The first-order valence-corrected chi connectivity index (χ1v) is 5.85. The largest absolute Gasteiger partial charge is 0.465 e. The number of hydrogen-bond donors (Lipinski definition) is 1. The predicted octanol–water partition coefficient (Wildman–Crippen LogP) is 1.91. The maximum Gasteiger partial charge on any atom is 0.340 e. The fraction of sp³-hybridized carbons (Fsp3) is 0.273. The number of anilines is 1. The van der Waals surface area contributed by atoms with Crippen molar-refractivity contribution in [3.63, 3.8) is 0 Å². The Bertz CT molecular complexity index is 445. The second-order valence-electron chi connectivity index (χ2n) is 3.32. The summed E-state index contributed by atoms with van der Waals surface area (Å²) in [4.78, 5) is 23.9. The Labute approximate surface area is 97.4 Å². The molecule has 0 aliphatic carbocycles. The van der Waals surface area contributed by atoms with E-state index in [1.54, 1.807) is 23.9 Å². The number of para-hydroxylation sites is 1. The molecule has 0 spiro atoms. The number of amides is 1. The number of carbonyl (C=O) groups excluding carboxylic acids is 2. The number of methoxy groups -OCH3 is 1. The maximum absolute atomic E-state index is 11.5. The summed E-state index contributed by atoms with van der Waals surface area (Å²) in [7, 11) is 1.33. The monoisotopic (exact) mass is 237 g/mol. The van der Waals surface area contributed by atoms with Gasteiger partial charge < -0.3 is 10.1 Å². The number of carbonyl (C=O) groups is 2. The van der Waals surface area contributed by atoms with Crippen LogP contribution >= 0.6 is 11.8 Å². The van der Waals surface area contributed by atoms with Crippen LogP contribution in [0.1, 0.15) is 16.8 Å². The molecule has 84 valence electrons. The van der Waals surface area contributed by atoms with Crippen molar-refractivity contribution in [2.75, 3.05) is 18.2 Å². The van der Waals surface area contributed by atoms with Crippen LogP contribution in [0.3, 0.4) is 0 Å². The van der Waals surface area contributed by atoms with Crippen LogP contribution in [0.25, 0.3) is 0 Å². The average molecular weight is 237 g/mol. The third kappa shape index (κ3) is 2.04. The number of fused-ring (bicyclic) bond motifs is 1. The highest BCUT2D eigenvalue weighted by molar-refractivity contribution is 7.99. The van der Waals surface area contributed by atoms with Crippen molar-refractivity contribution in [1.29, 1.82) is 0 Å². The van der Waals surface area contributed by atoms with Gasteiger partial charge in [0.2, 0.25) is 5.91 Å². The molecule has 2 rings (SSSR count). The lowest BCUT2D eigenvalue weighted by atomic mass is 10.1. The number of rotatable bonds is 1. The number of thioether (sulfide) groups is 1. The zero-order valence-corrected chi connectivity index (χ0v) is 9.60. The Kier molecular flexibility index (Phi) is 3.14. The van der Waals surface area contributed by atoms with Crippen LogP contribution in [0.5, 0.6) is 0 Å². The van der Waals surface area contributed by atoms with Crippen LogP contribution < -0.4 is 5.32 Å². The van der Waals surface area contributed by atoms with Crippen molar-refractivity contribution in [3.8, 4) is 0 Å². The fourth-order valence-corrected chi connectivity index (χ4v) is 2.50. The third-order valence-electron chi connectivity index (χ3n) is 2.28. The maximum atomic E-state index is 11.5. The minimum atomic E-state index is -0.431. The van der Waals surface area contributed by atoms with Gasteiger partial charge in [-0.05, 0) is 12.1 Å². The fourth-order valence-electron chi connectivity index (χ4n) is 1.52. The summed E-state index contributed by atoms with van der Waals surface area (Å²) in [5.41, 5.74) is 0.976. The van der Waals surface area contributed by atoms with Gasteiger partial charge in [-0.3, -0.25) is 4.79 Å². The molecule has 5 heteroatoms. The summed E-state index contributed by atoms with van der Waals surface area (Å²) in [6.45, 7) is 0. The highest BCUT2D eigenvalue weighted by Gasteiger charge is 2.20. The molecule has 0 saturated carbocycles. The molecule has 1 aliphatic rings. The van der Waals surface area contributed by atoms with Gasteiger partial charge in [-0.1, -0.05) is 6.07 Å². The first kappa shape index (κ1) is 11.0. The van der Waals surface area contributed by atoms with E-state index in [0.29, 0.717) is 17.7 Å². The molecular weight excluding hydrogens is 226 g/mol. The molecule has 0 fully saturated rings. The second kappa shape index (κ2) is 4.57. The summed E-state index contributed by atoms with van der Waals surface area (Å²) < 4.78 is 4.68. The molecule has 4 nitrogen and oxygen atoms in total. The van der Waals surface area contributed by atoms with Crippen LogP contribution in [0.4, 0.5) is 5.69 Å². The van der Waals surface area contributed by atoms with Gasteiger partial charge in [-0.15, -0.1) is 11.8 Å². The molecule has 0 radical (unpaired) electrons. The van der Waals surface area contributed by atoms with Crippen LogP contribution in [-0.2, 0) is 9.53 Å². The molecule has 0 aromatic heterocycles. The van der Waals surface area contributed by atoms with Gasteiger partial charge in [-0.2, -0.15) is 0 Å². The minimum Gasteiger partial charge on any atom is -0.465 e. The first-order chi connectivity index (χ1) is 7.72. The molecule has 0 bridgehead atoms. The van der Waals surface area contributed by atoms with E-state index >= 15 is 0 Å². The predicted molar refractivity (Wildman–Crippen MR) is 61.8 cm³/mol. The summed E-state index contributed by atoms with van der Waals surface area (Å²) in [5.74, 6) is 0.228. The van der Waals surface area contributed by atoms with E-state index in [4.69, 9.17) is 0 Å².